The van der Waals surface area contributed by atoms with Crippen LogP contribution in [0, 0.1) is 0 Å². The zero-order valence-electron chi connectivity index (χ0n) is 17.7. The number of nitrogens with one attached hydrogen (secondary N) is 3. The molecule has 0 unspecified atom stereocenters. The molecule has 0 saturated carbocycles. The highest BCUT2D eigenvalue weighted by Gasteiger charge is 2.30. The van der Waals surface area contributed by atoms with Crippen molar-refractivity contribution in [2.75, 3.05) is 12.0 Å². The van der Waals surface area contributed by atoms with Crippen LogP contribution in [-0.2, 0) is 30.4 Å². The minimum Gasteiger partial charge on any atom is -0.481 e. The Morgan fingerprint density at radius 2 is 1.69 bits per heavy atom. The molecule has 176 valence electrons. The summed E-state index contributed by atoms with van der Waals surface area (Å²) in [6, 6.07) is 3.53. The highest BCUT2D eigenvalue weighted by Crippen LogP contribution is 2.13. The van der Waals surface area contributed by atoms with E-state index in [1.54, 1.807) is 24.3 Å². The summed E-state index contributed by atoms with van der Waals surface area (Å²) >= 11 is 4.78. The Morgan fingerprint density at radius 3 is 2.22 bits per heavy atom. The van der Waals surface area contributed by atoms with Crippen LogP contribution in [0.1, 0.15) is 25.3 Å². The second kappa shape index (κ2) is 13.7. The van der Waals surface area contributed by atoms with Crippen molar-refractivity contribution in [3.63, 3.8) is 0 Å². The summed E-state index contributed by atoms with van der Waals surface area (Å²) in [7, 11) is 0. The lowest BCUT2D eigenvalue weighted by atomic mass is 10.0. The number of thioether (sulfide) groups is 1. The third-order valence-electron chi connectivity index (χ3n) is 4.31. The summed E-state index contributed by atoms with van der Waals surface area (Å²) in [4.78, 5) is 59.9. The molecule has 6 N–H and O–H groups in total. The van der Waals surface area contributed by atoms with Gasteiger partial charge in [0, 0.05) is 17.8 Å². The number of hydrogen-bond donors (Lipinski definition) is 5. The molecule has 4 amide bonds. The highest BCUT2D eigenvalue weighted by atomic mass is 79.9. The number of carbonyl (C=O) groups is 5. The van der Waals surface area contributed by atoms with E-state index in [0.29, 0.717) is 17.7 Å². The van der Waals surface area contributed by atoms with E-state index in [-0.39, 0.29) is 6.42 Å². The molecule has 12 heteroatoms. The van der Waals surface area contributed by atoms with E-state index < -0.39 is 54.1 Å². The number of nitrogens with two attached hydrogens (primary N) is 1. The van der Waals surface area contributed by atoms with E-state index in [4.69, 9.17) is 5.73 Å². The first-order valence-corrected chi connectivity index (χ1v) is 11.8. The lowest BCUT2D eigenvalue weighted by Crippen LogP contribution is -2.57. The molecule has 0 aromatic heterocycles. The summed E-state index contributed by atoms with van der Waals surface area (Å²) in [5.74, 6) is -3.58. The predicted molar refractivity (Wildman–Crippen MR) is 124 cm³/mol. The van der Waals surface area contributed by atoms with Gasteiger partial charge in [-0.2, -0.15) is 11.8 Å². The van der Waals surface area contributed by atoms with Crippen LogP contribution in [0.25, 0.3) is 0 Å². The van der Waals surface area contributed by atoms with Gasteiger partial charge in [-0.1, -0.05) is 28.1 Å². The predicted octanol–water partition coefficient (Wildman–Crippen LogP) is 0.179. The smallest absolute Gasteiger partial charge is 0.305 e. The Kier molecular flexibility index (Phi) is 11.8. The van der Waals surface area contributed by atoms with Crippen LogP contribution in [-0.4, -0.2) is 64.8 Å². The third-order valence-corrected chi connectivity index (χ3v) is 5.44. The van der Waals surface area contributed by atoms with Crippen molar-refractivity contribution in [3.8, 4) is 0 Å². The molecular weight excluding hydrogens is 504 g/mol. The van der Waals surface area contributed by atoms with E-state index in [1.807, 2.05) is 6.26 Å². The maximum absolute atomic E-state index is 12.7. The molecule has 0 radical (unpaired) electrons. The third kappa shape index (κ3) is 10.1. The van der Waals surface area contributed by atoms with Crippen LogP contribution in [0.3, 0.4) is 0 Å². The van der Waals surface area contributed by atoms with Crippen LogP contribution < -0.4 is 21.7 Å². The first kappa shape index (κ1) is 27.4. The fraction of sp³-hybridized carbons (Fsp3) is 0.450. The van der Waals surface area contributed by atoms with Crippen LogP contribution in [0.15, 0.2) is 28.7 Å². The van der Waals surface area contributed by atoms with Crippen LogP contribution in [0.2, 0.25) is 0 Å². The van der Waals surface area contributed by atoms with E-state index in [9.17, 15) is 29.1 Å². The standard InChI is InChI=1S/C20H27BrN4O6S/c1-11(26)23-14(6-7-32-2)19(30)25-16(10-17(27)28)20(31)24-15(18(22)29)9-12-4-3-5-13(21)8-12/h3-5,8,14-16H,6-7,9-10H2,1-2H3,(H2,22,29)(H,23,26)(H,24,31)(H,25,30)(H,27,28)/t14-,15-,16-/m0/s1. The van der Waals surface area contributed by atoms with Crippen molar-refractivity contribution in [3.05, 3.63) is 34.3 Å². The Bertz CT molecular complexity index is 853. The van der Waals surface area contributed by atoms with Gasteiger partial charge >= 0.3 is 5.97 Å². The molecule has 0 aliphatic rings. The lowest BCUT2D eigenvalue weighted by Gasteiger charge is -2.24. The molecule has 1 rings (SSSR count). The number of rotatable bonds is 13. The summed E-state index contributed by atoms with van der Waals surface area (Å²) in [5.41, 5.74) is 6.13. The zero-order valence-corrected chi connectivity index (χ0v) is 20.1. The van der Waals surface area contributed by atoms with Crippen molar-refractivity contribution >= 4 is 57.3 Å². The van der Waals surface area contributed by atoms with Gasteiger partial charge in [0.15, 0.2) is 0 Å². The Balaban J connectivity index is 2.96. The van der Waals surface area contributed by atoms with Gasteiger partial charge in [-0.15, -0.1) is 0 Å². The molecule has 0 saturated heterocycles. The fourth-order valence-electron chi connectivity index (χ4n) is 2.80. The number of hydrogen-bond acceptors (Lipinski definition) is 6. The van der Waals surface area contributed by atoms with Gasteiger partial charge in [0.2, 0.25) is 23.6 Å². The minimum atomic E-state index is -1.46. The van der Waals surface area contributed by atoms with Crippen molar-refractivity contribution in [2.24, 2.45) is 5.73 Å². The topological polar surface area (TPSA) is 168 Å². The summed E-state index contributed by atoms with van der Waals surface area (Å²) in [6.07, 6.45) is 1.49. The van der Waals surface area contributed by atoms with Gasteiger partial charge in [-0.05, 0) is 36.1 Å². The second-order valence-corrected chi connectivity index (χ2v) is 8.89. The van der Waals surface area contributed by atoms with E-state index in [2.05, 4.69) is 31.9 Å². The van der Waals surface area contributed by atoms with E-state index in [1.165, 1.54) is 18.7 Å². The fourth-order valence-corrected chi connectivity index (χ4v) is 3.72. The number of benzene rings is 1. The van der Waals surface area contributed by atoms with Gasteiger partial charge in [0.05, 0.1) is 6.42 Å². The first-order chi connectivity index (χ1) is 15.0. The molecule has 0 aliphatic heterocycles. The summed E-state index contributed by atoms with van der Waals surface area (Å²) in [6.45, 7) is 1.25. The zero-order chi connectivity index (χ0) is 24.3. The molecule has 0 aliphatic carbocycles. The second-order valence-electron chi connectivity index (χ2n) is 6.99. The molecular formula is C20H27BrN4O6S. The first-order valence-electron chi connectivity index (χ1n) is 9.65. The quantitative estimate of drug-likeness (QED) is 0.242. The minimum absolute atomic E-state index is 0.0799. The van der Waals surface area contributed by atoms with Gasteiger partial charge in [-0.3, -0.25) is 24.0 Å². The van der Waals surface area contributed by atoms with Crippen LogP contribution in [0.4, 0.5) is 0 Å². The maximum atomic E-state index is 12.7. The van der Waals surface area contributed by atoms with E-state index >= 15 is 0 Å². The maximum Gasteiger partial charge on any atom is 0.305 e. The number of amides is 4. The normalized spacial score (nSPS) is 13.3. The number of carboxylic acids is 1. The van der Waals surface area contributed by atoms with Crippen molar-refractivity contribution < 1.29 is 29.1 Å². The molecule has 0 spiro atoms. The number of carboxylic acid groups (broad SMARTS) is 1. The van der Waals surface area contributed by atoms with Crippen LogP contribution >= 0.6 is 27.7 Å². The Labute approximate surface area is 198 Å². The largest absolute Gasteiger partial charge is 0.481 e. The lowest BCUT2D eigenvalue weighted by molar-refractivity contribution is -0.141. The molecule has 32 heavy (non-hydrogen) atoms. The van der Waals surface area contributed by atoms with Gasteiger partial charge in [0.25, 0.3) is 0 Å². The molecule has 1 aromatic carbocycles. The average molecular weight is 531 g/mol. The van der Waals surface area contributed by atoms with Gasteiger partial charge < -0.3 is 26.8 Å². The number of carbonyl (C=O) groups excluding carboxylic acids is 4. The van der Waals surface area contributed by atoms with Gasteiger partial charge in [-0.25, -0.2) is 0 Å². The number of primary amides is 1. The van der Waals surface area contributed by atoms with E-state index in [0.717, 1.165) is 4.47 Å². The summed E-state index contributed by atoms with van der Waals surface area (Å²) < 4.78 is 0.773. The number of aliphatic carboxylic acids is 1. The summed E-state index contributed by atoms with van der Waals surface area (Å²) in [5, 5.41) is 16.5. The highest BCUT2D eigenvalue weighted by molar-refractivity contribution is 9.10. The molecule has 10 nitrogen and oxygen atoms in total. The monoisotopic (exact) mass is 530 g/mol. The molecule has 0 fully saturated rings. The Morgan fingerprint density at radius 1 is 1.06 bits per heavy atom. The molecule has 1 aromatic rings. The van der Waals surface area contributed by atoms with Crippen molar-refractivity contribution in [1.82, 2.24) is 16.0 Å². The Hall–Kier alpha value is -2.60. The van der Waals surface area contributed by atoms with Crippen LogP contribution in [0.5, 0.6) is 0 Å². The number of halogens is 1. The van der Waals surface area contributed by atoms with Crippen molar-refractivity contribution in [1.29, 1.82) is 0 Å². The van der Waals surface area contributed by atoms with Crippen molar-refractivity contribution in [2.45, 2.75) is 44.3 Å². The SMILES string of the molecule is CSCC[C@H](NC(C)=O)C(=O)N[C@@H](CC(=O)O)C(=O)N[C@@H](Cc1cccc(Br)c1)C(N)=O. The van der Waals surface area contributed by atoms with Gasteiger partial charge in [0.1, 0.15) is 18.1 Å². The average Bonchev–Trinajstić information content (AvgIpc) is 2.69. The molecule has 0 bridgehead atoms. The molecule has 0 heterocycles. The molecule has 3 atom stereocenters.